The van der Waals surface area contributed by atoms with Gasteiger partial charge in [0, 0.05) is 12.6 Å². The minimum atomic E-state index is -0.445. The minimum absolute atomic E-state index is 0.0653. The molecular weight excluding hydrogens is 330 g/mol. The number of rotatable bonds is 3. The Hall–Kier alpha value is -3.41. The van der Waals surface area contributed by atoms with Crippen molar-refractivity contribution in [2.24, 2.45) is 0 Å². The largest absolute Gasteiger partial charge is 0.326 e. The van der Waals surface area contributed by atoms with Gasteiger partial charge in [-0.2, -0.15) is 0 Å². The van der Waals surface area contributed by atoms with E-state index in [2.05, 4.69) is 10.7 Å². The zero-order valence-corrected chi connectivity index (χ0v) is 14.8. The zero-order chi connectivity index (χ0) is 18.8. The highest BCUT2D eigenvalue weighted by molar-refractivity contribution is 6.31. The molecular formula is C20H19N3O3. The molecule has 2 aromatic rings. The average Bonchev–Trinajstić information content (AvgIpc) is 2.87. The summed E-state index contributed by atoms with van der Waals surface area (Å²) in [6, 6.07) is 12.5. The lowest BCUT2D eigenvalue weighted by Gasteiger charge is -2.15. The van der Waals surface area contributed by atoms with Crippen LogP contribution in [0.25, 0.3) is 6.08 Å². The Morgan fingerprint density at radius 3 is 2.35 bits per heavy atom. The Kier molecular flexibility index (Phi) is 4.58. The molecule has 0 spiro atoms. The molecule has 3 rings (SSSR count). The van der Waals surface area contributed by atoms with Gasteiger partial charge in [-0.05, 0) is 60.9 Å². The van der Waals surface area contributed by atoms with Crippen molar-refractivity contribution in [3.05, 3.63) is 64.7 Å². The van der Waals surface area contributed by atoms with Gasteiger partial charge < -0.3 is 5.32 Å². The normalized spacial score (nSPS) is 15.3. The number of hydrazine groups is 1. The van der Waals surface area contributed by atoms with Crippen LogP contribution in [0, 0.1) is 13.8 Å². The average molecular weight is 349 g/mol. The third kappa shape index (κ3) is 3.49. The molecule has 0 radical (unpaired) electrons. The predicted molar refractivity (Wildman–Crippen MR) is 100 cm³/mol. The number of carbonyl (C=O) groups is 3. The van der Waals surface area contributed by atoms with Crippen LogP contribution in [0.1, 0.15) is 23.6 Å². The lowest BCUT2D eigenvalue weighted by molar-refractivity contribution is -0.117. The van der Waals surface area contributed by atoms with Crippen molar-refractivity contribution in [3.8, 4) is 0 Å². The van der Waals surface area contributed by atoms with Crippen molar-refractivity contribution in [3.63, 3.8) is 0 Å². The van der Waals surface area contributed by atoms with Gasteiger partial charge in [-0.15, -0.1) is 0 Å². The summed E-state index contributed by atoms with van der Waals surface area (Å²) in [6.45, 7) is 5.37. The van der Waals surface area contributed by atoms with Crippen molar-refractivity contribution in [2.45, 2.75) is 20.8 Å². The molecule has 1 saturated heterocycles. The fraction of sp³-hybridized carbons (Fsp3) is 0.150. The molecule has 132 valence electrons. The van der Waals surface area contributed by atoms with Crippen LogP contribution in [0.4, 0.5) is 11.4 Å². The van der Waals surface area contributed by atoms with Crippen LogP contribution in [-0.2, 0) is 14.4 Å². The van der Waals surface area contributed by atoms with Crippen LogP contribution in [0.5, 0.6) is 0 Å². The standard InChI is InChI=1S/C20H19N3O3/c1-12-4-9-17(10-13(12)2)23-20(26)18(19(25)22-23)11-15-5-7-16(8-6-15)21-14(3)24/h4-11H,1-3H3,(H,21,24)(H,22,25). The minimum Gasteiger partial charge on any atom is -0.326 e. The summed E-state index contributed by atoms with van der Waals surface area (Å²) in [7, 11) is 0. The van der Waals surface area contributed by atoms with Crippen LogP contribution >= 0.6 is 0 Å². The van der Waals surface area contributed by atoms with Gasteiger partial charge >= 0.3 is 0 Å². The first kappa shape index (κ1) is 17.4. The van der Waals surface area contributed by atoms with E-state index in [9.17, 15) is 14.4 Å². The third-order valence-electron chi connectivity index (χ3n) is 4.18. The highest BCUT2D eigenvalue weighted by atomic mass is 16.2. The number of aryl methyl sites for hydroxylation is 2. The predicted octanol–water partition coefficient (Wildman–Crippen LogP) is 2.72. The highest BCUT2D eigenvalue weighted by Gasteiger charge is 2.34. The molecule has 1 aliphatic heterocycles. The first-order valence-electron chi connectivity index (χ1n) is 8.17. The fourth-order valence-corrected chi connectivity index (χ4v) is 2.64. The molecule has 0 unspecified atom stereocenters. The van der Waals surface area contributed by atoms with Crippen molar-refractivity contribution >= 4 is 35.2 Å². The molecule has 1 fully saturated rings. The molecule has 6 heteroatoms. The van der Waals surface area contributed by atoms with E-state index in [-0.39, 0.29) is 11.5 Å². The molecule has 3 amide bonds. The number of hydrogen-bond acceptors (Lipinski definition) is 3. The molecule has 0 aliphatic carbocycles. The second kappa shape index (κ2) is 6.84. The summed E-state index contributed by atoms with van der Waals surface area (Å²) in [5, 5.41) is 3.92. The fourth-order valence-electron chi connectivity index (χ4n) is 2.64. The SMILES string of the molecule is CC(=O)Nc1ccc(C=C2C(=O)NN(c3ccc(C)c(C)c3)C2=O)cc1. The second-order valence-electron chi connectivity index (χ2n) is 6.21. The molecule has 0 bridgehead atoms. The quantitative estimate of drug-likeness (QED) is 0.661. The molecule has 26 heavy (non-hydrogen) atoms. The van der Waals surface area contributed by atoms with E-state index in [1.807, 2.05) is 26.0 Å². The summed E-state index contributed by atoms with van der Waals surface area (Å²) in [6.07, 6.45) is 1.54. The van der Waals surface area contributed by atoms with Crippen LogP contribution < -0.4 is 15.8 Å². The van der Waals surface area contributed by atoms with Crippen LogP contribution in [0.3, 0.4) is 0 Å². The maximum absolute atomic E-state index is 12.6. The van der Waals surface area contributed by atoms with E-state index in [1.54, 1.807) is 30.3 Å². The maximum atomic E-state index is 12.6. The summed E-state index contributed by atoms with van der Waals surface area (Å²) in [4.78, 5) is 35.9. The van der Waals surface area contributed by atoms with Gasteiger partial charge in [0.2, 0.25) is 5.91 Å². The number of benzene rings is 2. The van der Waals surface area contributed by atoms with E-state index in [0.717, 1.165) is 11.1 Å². The highest BCUT2D eigenvalue weighted by Crippen LogP contribution is 2.24. The first-order chi connectivity index (χ1) is 12.3. The molecule has 1 heterocycles. The Morgan fingerprint density at radius 2 is 1.73 bits per heavy atom. The summed E-state index contributed by atoms with van der Waals surface area (Å²) < 4.78 is 0. The van der Waals surface area contributed by atoms with Crippen molar-refractivity contribution in [1.29, 1.82) is 0 Å². The van der Waals surface area contributed by atoms with E-state index in [4.69, 9.17) is 0 Å². The van der Waals surface area contributed by atoms with Crippen LogP contribution in [-0.4, -0.2) is 17.7 Å². The number of hydrogen-bond donors (Lipinski definition) is 2. The molecule has 0 aromatic heterocycles. The van der Waals surface area contributed by atoms with Gasteiger partial charge in [0.1, 0.15) is 5.57 Å². The van der Waals surface area contributed by atoms with Gasteiger partial charge in [0.15, 0.2) is 0 Å². The Labute approximate surface area is 151 Å². The first-order valence-corrected chi connectivity index (χ1v) is 8.17. The molecule has 2 N–H and O–H groups in total. The van der Waals surface area contributed by atoms with Gasteiger partial charge in [-0.1, -0.05) is 18.2 Å². The Balaban J connectivity index is 1.85. The number of anilines is 2. The summed E-state index contributed by atoms with van der Waals surface area (Å²) in [5.74, 6) is -1.01. The number of amides is 3. The molecule has 2 aromatic carbocycles. The van der Waals surface area contributed by atoms with E-state index in [0.29, 0.717) is 16.9 Å². The molecule has 1 aliphatic rings. The zero-order valence-electron chi connectivity index (χ0n) is 14.8. The van der Waals surface area contributed by atoms with Crippen molar-refractivity contribution in [2.75, 3.05) is 10.3 Å². The number of carbonyl (C=O) groups excluding carboxylic acids is 3. The van der Waals surface area contributed by atoms with Gasteiger partial charge in [0.05, 0.1) is 5.69 Å². The second-order valence-corrected chi connectivity index (χ2v) is 6.21. The van der Waals surface area contributed by atoms with E-state index < -0.39 is 11.8 Å². The molecule has 6 nitrogen and oxygen atoms in total. The van der Waals surface area contributed by atoms with E-state index in [1.165, 1.54) is 18.0 Å². The van der Waals surface area contributed by atoms with Gasteiger partial charge in [-0.3, -0.25) is 19.8 Å². The number of nitrogens with zero attached hydrogens (tertiary/aromatic N) is 1. The van der Waals surface area contributed by atoms with Crippen LogP contribution in [0.2, 0.25) is 0 Å². The summed E-state index contributed by atoms with van der Waals surface area (Å²) >= 11 is 0. The Morgan fingerprint density at radius 1 is 1.04 bits per heavy atom. The van der Waals surface area contributed by atoms with Crippen molar-refractivity contribution in [1.82, 2.24) is 5.43 Å². The lowest BCUT2D eigenvalue weighted by Crippen LogP contribution is -2.35. The smallest absolute Gasteiger partial charge is 0.282 e. The van der Waals surface area contributed by atoms with Gasteiger partial charge in [-0.25, -0.2) is 5.01 Å². The third-order valence-corrected chi connectivity index (χ3v) is 4.18. The lowest BCUT2D eigenvalue weighted by atomic mass is 10.1. The van der Waals surface area contributed by atoms with Crippen molar-refractivity contribution < 1.29 is 14.4 Å². The monoisotopic (exact) mass is 349 g/mol. The van der Waals surface area contributed by atoms with E-state index >= 15 is 0 Å². The van der Waals surface area contributed by atoms with Crippen LogP contribution in [0.15, 0.2) is 48.0 Å². The summed E-state index contributed by atoms with van der Waals surface area (Å²) in [5.41, 5.74) is 6.78. The topological polar surface area (TPSA) is 78.5 Å². The Bertz CT molecular complexity index is 930. The maximum Gasteiger partial charge on any atom is 0.282 e. The molecule has 0 saturated carbocycles. The number of nitrogens with one attached hydrogen (secondary N) is 2. The van der Waals surface area contributed by atoms with Gasteiger partial charge in [0.25, 0.3) is 11.8 Å². The molecule has 0 atom stereocenters.